The summed E-state index contributed by atoms with van der Waals surface area (Å²) in [4.78, 5) is 28.0. The lowest BCUT2D eigenvalue weighted by molar-refractivity contribution is 0.0600. The lowest BCUT2D eigenvalue weighted by Crippen LogP contribution is -2.49. The van der Waals surface area contributed by atoms with Gasteiger partial charge in [-0.1, -0.05) is 29.8 Å². The summed E-state index contributed by atoms with van der Waals surface area (Å²) >= 11 is 6.22. The molecular weight excluding hydrogens is 366 g/mol. The van der Waals surface area contributed by atoms with E-state index in [1.807, 2.05) is 24.3 Å². The molecule has 0 radical (unpaired) electrons. The summed E-state index contributed by atoms with van der Waals surface area (Å²) in [5.74, 6) is -0.400. The molecule has 2 amide bonds. The van der Waals surface area contributed by atoms with E-state index < -0.39 is 5.97 Å². The van der Waals surface area contributed by atoms with Gasteiger partial charge in [0.15, 0.2) is 0 Å². The lowest BCUT2D eigenvalue weighted by atomic mass is 10.2. The number of nitrogens with zero attached hydrogens (tertiary/aromatic N) is 2. The first-order valence-corrected chi connectivity index (χ1v) is 9.14. The van der Waals surface area contributed by atoms with Crippen LogP contribution in [0.5, 0.6) is 0 Å². The van der Waals surface area contributed by atoms with Crippen LogP contribution < -0.4 is 5.32 Å². The molecule has 0 saturated carbocycles. The van der Waals surface area contributed by atoms with Crippen molar-refractivity contribution in [3.63, 3.8) is 0 Å². The number of carbonyl (C=O) groups is 2. The number of hydrogen-bond donors (Lipinski definition) is 1. The number of methoxy groups -OCH3 is 1. The molecule has 1 heterocycles. The first-order valence-electron chi connectivity index (χ1n) is 8.77. The first kappa shape index (κ1) is 19.2. The number of carbonyl (C=O) groups excluding carboxylic acids is 2. The van der Waals surface area contributed by atoms with Gasteiger partial charge in [0.05, 0.1) is 12.7 Å². The van der Waals surface area contributed by atoms with Gasteiger partial charge in [0.2, 0.25) is 0 Å². The van der Waals surface area contributed by atoms with Gasteiger partial charge in [-0.25, -0.2) is 9.59 Å². The van der Waals surface area contributed by atoms with Crippen molar-refractivity contribution in [1.82, 2.24) is 9.80 Å². The first-order chi connectivity index (χ1) is 13.1. The molecule has 7 heteroatoms. The summed E-state index contributed by atoms with van der Waals surface area (Å²) in [5.41, 5.74) is 2.19. The van der Waals surface area contributed by atoms with E-state index in [0.717, 1.165) is 30.2 Å². The minimum Gasteiger partial charge on any atom is -0.465 e. The van der Waals surface area contributed by atoms with Crippen molar-refractivity contribution in [1.29, 1.82) is 0 Å². The van der Waals surface area contributed by atoms with Gasteiger partial charge >= 0.3 is 12.0 Å². The zero-order chi connectivity index (χ0) is 19.2. The Morgan fingerprint density at radius 1 is 1.04 bits per heavy atom. The quantitative estimate of drug-likeness (QED) is 0.816. The van der Waals surface area contributed by atoms with E-state index >= 15 is 0 Å². The molecule has 3 rings (SSSR count). The monoisotopic (exact) mass is 387 g/mol. The Balaban J connectivity index is 1.50. The zero-order valence-electron chi connectivity index (χ0n) is 15.2. The van der Waals surface area contributed by atoms with Crippen LogP contribution in [0.4, 0.5) is 10.5 Å². The number of anilines is 1. The highest BCUT2D eigenvalue weighted by Crippen LogP contribution is 2.18. The normalized spacial score (nSPS) is 14.7. The number of hydrogen-bond acceptors (Lipinski definition) is 4. The number of piperazine rings is 1. The fraction of sp³-hybridized carbons (Fsp3) is 0.300. The summed E-state index contributed by atoms with van der Waals surface area (Å²) < 4.78 is 4.66. The third-order valence-electron chi connectivity index (χ3n) is 4.57. The van der Waals surface area contributed by atoms with Gasteiger partial charge in [0, 0.05) is 43.4 Å². The van der Waals surface area contributed by atoms with Gasteiger partial charge in [-0.15, -0.1) is 0 Å². The Morgan fingerprint density at radius 2 is 1.70 bits per heavy atom. The van der Waals surface area contributed by atoms with Crippen LogP contribution in [0.2, 0.25) is 5.02 Å². The van der Waals surface area contributed by atoms with Crippen LogP contribution in [0.1, 0.15) is 15.9 Å². The molecule has 0 spiro atoms. The Hall–Kier alpha value is -2.57. The van der Waals surface area contributed by atoms with Crippen LogP contribution in [-0.4, -0.2) is 55.1 Å². The summed E-state index contributed by atoms with van der Waals surface area (Å²) in [5, 5.41) is 3.64. The molecule has 0 atom stereocenters. The highest BCUT2D eigenvalue weighted by atomic mass is 35.5. The fourth-order valence-electron chi connectivity index (χ4n) is 2.99. The van der Waals surface area contributed by atoms with Gasteiger partial charge in [-0.05, 0) is 35.9 Å². The predicted octanol–water partition coefficient (Wildman–Crippen LogP) is 3.48. The van der Waals surface area contributed by atoms with Crippen molar-refractivity contribution >= 4 is 29.3 Å². The minimum absolute atomic E-state index is 0.141. The number of benzene rings is 2. The Labute approximate surface area is 163 Å². The maximum Gasteiger partial charge on any atom is 0.337 e. The largest absolute Gasteiger partial charge is 0.465 e. The minimum atomic E-state index is -0.400. The summed E-state index contributed by atoms with van der Waals surface area (Å²) in [7, 11) is 1.34. The van der Waals surface area contributed by atoms with Crippen LogP contribution in [0.3, 0.4) is 0 Å². The van der Waals surface area contributed by atoms with Crippen molar-refractivity contribution < 1.29 is 14.3 Å². The molecule has 2 aromatic rings. The smallest absolute Gasteiger partial charge is 0.337 e. The summed E-state index contributed by atoms with van der Waals surface area (Å²) in [6, 6.07) is 14.3. The molecule has 2 aromatic carbocycles. The van der Waals surface area contributed by atoms with Gasteiger partial charge in [-0.2, -0.15) is 0 Å². The van der Waals surface area contributed by atoms with Crippen molar-refractivity contribution in [2.45, 2.75) is 6.54 Å². The van der Waals surface area contributed by atoms with Crippen molar-refractivity contribution in [3.8, 4) is 0 Å². The van der Waals surface area contributed by atoms with Crippen LogP contribution in [0.25, 0.3) is 0 Å². The van der Waals surface area contributed by atoms with Crippen LogP contribution >= 0.6 is 11.6 Å². The summed E-state index contributed by atoms with van der Waals surface area (Å²) in [6.07, 6.45) is 0. The van der Waals surface area contributed by atoms with Crippen LogP contribution in [0, 0.1) is 0 Å². The number of esters is 1. The standard InChI is InChI=1S/C20H22ClN3O3/c1-27-19(25)15-6-8-17(9-7-15)22-20(26)24-12-10-23(11-13-24)14-16-4-2-3-5-18(16)21/h2-9H,10-14H2,1H3,(H,22,26). The van der Waals surface area contributed by atoms with Crippen LogP contribution in [-0.2, 0) is 11.3 Å². The SMILES string of the molecule is COC(=O)c1ccc(NC(=O)N2CCN(Cc3ccccc3Cl)CC2)cc1. The number of urea groups is 1. The number of rotatable bonds is 4. The Bertz CT molecular complexity index is 802. The number of ether oxygens (including phenoxy) is 1. The second-order valence-corrected chi connectivity index (χ2v) is 6.76. The summed E-state index contributed by atoms with van der Waals surface area (Å²) in [6.45, 7) is 3.66. The van der Waals surface area contributed by atoms with E-state index in [-0.39, 0.29) is 6.03 Å². The van der Waals surface area contributed by atoms with E-state index in [4.69, 9.17) is 11.6 Å². The second-order valence-electron chi connectivity index (χ2n) is 6.35. The van der Waals surface area contributed by atoms with Gasteiger partial charge in [0.25, 0.3) is 0 Å². The zero-order valence-corrected chi connectivity index (χ0v) is 15.9. The van der Waals surface area contributed by atoms with Crippen molar-refractivity contribution in [3.05, 3.63) is 64.7 Å². The molecule has 142 valence electrons. The molecule has 1 N–H and O–H groups in total. The lowest BCUT2D eigenvalue weighted by Gasteiger charge is -2.34. The number of nitrogens with one attached hydrogen (secondary N) is 1. The Kier molecular flexibility index (Phi) is 6.32. The van der Waals surface area contributed by atoms with E-state index in [2.05, 4.69) is 15.0 Å². The average Bonchev–Trinajstić information content (AvgIpc) is 2.70. The predicted molar refractivity (Wildman–Crippen MR) is 105 cm³/mol. The Morgan fingerprint density at radius 3 is 2.33 bits per heavy atom. The average molecular weight is 388 g/mol. The molecule has 0 aliphatic carbocycles. The van der Waals surface area contributed by atoms with Gasteiger partial charge in [0.1, 0.15) is 0 Å². The molecule has 27 heavy (non-hydrogen) atoms. The molecule has 0 bridgehead atoms. The molecule has 1 aliphatic rings. The molecule has 0 unspecified atom stereocenters. The van der Waals surface area contributed by atoms with E-state index in [9.17, 15) is 9.59 Å². The fourth-order valence-corrected chi connectivity index (χ4v) is 3.18. The topological polar surface area (TPSA) is 61.9 Å². The molecule has 1 aliphatic heterocycles. The van der Waals surface area contributed by atoms with E-state index in [1.165, 1.54) is 7.11 Å². The van der Waals surface area contributed by atoms with Crippen molar-refractivity contribution in [2.75, 3.05) is 38.6 Å². The van der Waals surface area contributed by atoms with Gasteiger partial charge in [-0.3, -0.25) is 4.90 Å². The maximum absolute atomic E-state index is 12.4. The third kappa shape index (κ3) is 4.99. The van der Waals surface area contributed by atoms with Crippen LogP contribution in [0.15, 0.2) is 48.5 Å². The van der Waals surface area contributed by atoms with E-state index in [1.54, 1.807) is 29.2 Å². The number of amides is 2. The molecular formula is C20H22ClN3O3. The van der Waals surface area contributed by atoms with E-state index in [0.29, 0.717) is 24.3 Å². The molecule has 0 aromatic heterocycles. The second kappa shape index (κ2) is 8.88. The number of halogens is 1. The molecule has 6 nitrogen and oxygen atoms in total. The maximum atomic E-state index is 12.4. The van der Waals surface area contributed by atoms with Gasteiger partial charge < -0.3 is 15.0 Å². The molecule has 1 saturated heterocycles. The third-order valence-corrected chi connectivity index (χ3v) is 4.94. The highest BCUT2D eigenvalue weighted by Gasteiger charge is 2.21. The van der Waals surface area contributed by atoms with Crippen molar-refractivity contribution in [2.24, 2.45) is 0 Å². The highest BCUT2D eigenvalue weighted by molar-refractivity contribution is 6.31. The molecule has 1 fully saturated rings.